The van der Waals surface area contributed by atoms with Crippen LogP contribution in [-0.2, 0) is 14.6 Å². The molecule has 1 fully saturated rings. The molecule has 2 rings (SSSR count). The third-order valence-electron chi connectivity index (χ3n) is 3.45. The summed E-state index contributed by atoms with van der Waals surface area (Å²) in [5.74, 6) is -0.214. The van der Waals surface area contributed by atoms with Crippen LogP contribution < -0.4 is 10.6 Å². The fraction of sp³-hybridized carbons (Fsp3) is 0.615. The number of nitrogens with zero attached hydrogens (tertiary/aromatic N) is 1. The van der Waals surface area contributed by atoms with Crippen LogP contribution >= 0.6 is 11.3 Å². The van der Waals surface area contributed by atoms with Crippen LogP contribution in [0.1, 0.15) is 29.9 Å². The van der Waals surface area contributed by atoms with E-state index in [0.717, 1.165) is 24.0 Å². The molecular weight excluding hydrogens is 312 g/mol. The van der Waals surface area contributed by atoms with Crippen molar-refractivity contribution in [2.75, 3.05) is 36.6 Å². The maximum Gasteiger partial charge on any atom is 0.180 e. The number of hydrogen-bond donors (Lipinski definition) is 1. The number of Topliss-reactive ketones (excluding diaryl/α,β-unsaturated/α-hetero) is 1. The number of hydrogen-bond acceptors (Lipinski definition) is 7. The third-order valence-corrected chi connectivity index (χ3v) is 6.11. The fourth-order valence-corrected chi connectivity index (χ4v) is 5.03. The highest BCUT2D eigenvalue weighted by Crippen LogP contribution is 2.42. The van der Waals surface area contributed by atoms with Crippen molar-refractivity contribution in [1.82, 2.24) is 0 Å². The minimum absolute atomic E-state index is 0.0651. The first kappa shape index (κ1) is 16.3. The molecule has 1 aromatic heterocycles. The van der Waals surface area contributed by atoms with Gasteiger partial charge in [0.2, 0.25) is 0 Å². The molecule has 1 atom stereocenters. The van der Waals surface area contributed by atoms with E-state index in [1.165, 1.54) is 6.92 Å². The summed E-state index contributed by atoms with van der Waals surface area (Å²) in [6.07, 6.45) is 2.04. The lowest BCUT2D eigenvalue weighted by atomic mass is 10.2. The Balaban J connectivity index is 2.52. The number of anilines is 2. The third kappa shape index (κ3) is 3.22. The van der Waals surface area contributed by atoms with Crippen molar-refractivity contribution in [2.24, 2.45) is 0 Å². The number of nitrogens with two attached hydrogens (primary N) is 1. The summed E-state index contributed by atoms with van der Waals surface area (Å²) in [5, 5.41) is 0.557. The molecule has 0 spiro atoms. The Morgan fingerprint density at radius 3 is 2.71 bits per heavy atom. The van der Waals surface area contributed by atoms with Gasteiger partial charge >= 0.3 is 0 Å². The average molecular weight is 332 g/mol. The zero-order valence-corrected chi connectivity index (χ0v) is 14.0. The van der Waals surface area contributed by atoms with Gasteiger partial charge in [-0.05, 0) is 6.42 Å². The van der Waals surface area contributed by atoms with Gasteiger partial charge in [0.05, 0.1) is 23.3 Å². The molecule has 0 saturated carbocycles. The van der Waals surface area contributed by atoms with Crippen LogP contribution in [0.5, 0.6) is 0 Å². The Bertz CT molecular complexity index is 651. The van der Waals surface area contributed by atoms with E-state index in [1.807, 2.05) is 11.8 Å². The van der Waals surface area contributed by atoms with Crippen LogP contribution in [0.2, 0.25) is 0 Å². The van der Waals surface area contributed by atoms with Crippen molar-refractivity contribution in [3.8, 4) is 0 Å². The largest absolute Gasteiger partial charge is 0.396 e. The second-order valence-corrected chi connectivity index (χ2v) is 8.11. The van der Waals surface area contributed by atoms with Gasteiger partial charge in [-0.2, -0.15) is 0 Å². The van der Waals surface area contributed by atoms with Crippen molar-refractivity contribution in [2.45, 2.75) is 31.3 Å². The standard InChI is InChI=1S/C13H20N2O4S2/c1-4-9-7-15(5-6-19-9)13-12(21(3,17)18)10(14)11(20-13)8(2)16/h9H,4-7,14H2,1-3H3. The van der Waals surface area contributed by atoms with Gasteiger partial charge in [0.25, 0.3) is 0 Å². The number of rotatable bonds is 4. The molecule has 21 heavy (non-hydrogen) atoms. The topological polar surface area (TPSA) is 89.7 Å². The van der Waals surface area contributed by atoms with Crippen LogP contribution in [0.4, 0.5) is 10.7 Å². The summed E-state index contributed by atoms with van der Waals surface area (Å²) >= 11 is 1.16. The van der Waals surface area contributed by atoms with Crippen molar-refractivity contribution >= 4 is 37.6 Å². The van der Waals surface area contributed by atoms with Gasteiger partial charge in [0, 0.05) is 26.3 Å². The van der Waals surface area contributed by atoms with Crippen LogP contribution in [0.3, 0.4) is 0 Å². The first-order valence-corrected chi connectivity index (χ1v) is 9.46. The van der Waals surface area contributed by atoms with E-state index in [9.17, 15) is 13.2 Å². The van der Waals surface area contributed by atoms with E-state index in [0.29, 0.717) is 29.6 Å². The molecule has 118 valence electrons. The van der Waals surface area contributed by atoms with Gasteiger partial charge in [0.1, 0.15) is 9.90 Å². The number of nitrogen functional groups attached to an aromatic ring is 1. The molecule has 0 aromatic carbocycles. The Labute approximate surface area is 128 Å². The van der Waals surface area contributed by atoms with E-state index in [2.05, 4.69) is 0 Å². The predicted molar refractivity (Wildman–Crippen MR) is 84.1 cm³/mol. The van der Waals surface area contributed by atoms with Gasteiger partial charge in [0.15, 0.2) is 15.6 Å². The van der Waals surface area contributed by atoms with Crippen molar-refractivity contribution in [3.05, 3.63) is 4.88 Å². The molecule has 8 heteroatoms. The average Bonchev–Trinajstić information content (AvgIpc) is 2.76. The summed E-state index contributed by atoms with van der Waals surface area (Å²) in [5.41, 5.74) is 5.99. The molecule has 1 aliphatic rings. The smallest absolute Gasteiger partial charge is 0.180 e. The number of sulfone groups is 1. The normalized spacial score (nSPS) is 19.8. The maximum absolute atomic E-state index is 12.1. The monoisotopic (exact) mass is 332 g/mol. The van der Waals surface area contributed by atoms with Crippen molar-refractivity contribution < 1.29 is 17.9 Å². The summed E-state index contributed by atoms with van der Waals surface area (Å²) in [6.45, 7) is 5.16. The number of carbonyl (C=O) groups excluding carboxylic acids is 1. The molecule has 0 radical (unpaired) electrons. The summed E-state index contributed by atoms with van der Waals surface area (Å²) < 4.78 is 29.7. The van der Waals surface area contributed by atoms with E-state index < -0.39 is 9.84 Å². The minimum Gasteiger partial charge on any atom is -0.396 e. The Morgan fingerprint density at radius 1 is 1.52 bits per heavy atom. The van der Waals surface area contributed by atoms with Gasteiger partial charge < -0.3 is 15.4 Å². The highest BCUT2D eigenvalue weighted by atomic mass is 32.2. The molecule has 6 nitrogen and oxygen atoms in total. The molecular formula is C13H20N2O4S2. The predicted octanol–water partition coefficient (Wildman–Crippen LogP) is 1.55. The van der Waals surface area contributed by atoms with Crippen molar-refractivity contribution in [3.63, 3.8) is 0 Å². The quantitative estimate of drug-likeness (QED) is 0.842. The van der Waals surface area contributed by atoms with Crippen LogP contribution in [0.15, 0.2) is 4.90 Å². The Morgan fingerprint density at radius 2 is 2.19 bits per heavy atom. The van der Waals surface area contributed by atoms with E-state index in [-0.39, 0.29) is 22.5 Å². The molecule has 2 heterocycles. The zero-order valence-electron chi connectivity index (χ0n) is 12.4. The first-order chi connectivity index (χ1) is 9.75. The fourth-order valence-electron chi connectivity index (χ4n) is 2.40. The minimum atomic E-state index is -3.50. The second-order valence-electron chi connectivity index (χ2n) is 5.15. The number of thiophene rings is 1. The molecule has 1 aliphatic heterocycles. The second kappa shape index (κ2) is 5.94. The van der Waals surface area contributed by atoms with Gasteiger partial charge in [-0.15, -0.1) is 11.3 Å². The van der Waals surface area contributed by atoms with Crippen LogP contribution in [0.25, 0.3) is 0 Å². The molecule has 0 amide bonds. The van der Waals surface area contributed by atoms with Crippen LogP contribution in [0, 0.1) is 0 Å². The molecule has 2 N–H and O–H groups in total. The van der Waals surface area contributed by atoms with E-state index in [4.69, 9.17) is 10.5 Å². The Hall–Kier alpha value is -1.12. The first-order valence-electron chi connectivity index (χ1n) is 6.75. The highest BCUT2D eigenvalue weighted by Gasteiger charge is 2.31. The molecule has 1 unspecified atom stereocenters. The van der Waals surface area contributed by atoms with Gasteiger partial charge in [-0.1, -0.05) is 6.92 Å². The van der Waals surface area contributed by atoms with E-state index in [1.54, 1.807) is 0 Å². The van der Waals surface area contributed by atoms with Crippen LogP contribution in [-0.4, -0.2) is 46.3 Å². The summed E-state index contributed by atoms with van der Waals surface area (Å²) in [4.78, 5) is 14.0. The Kier molecular flexibility index (Phi) is 4.60. The molecule has 0 aliphatic carbocycles. The molecule has 1 saturated heterocycles. The SMILES string of the molecule is CCC1CN(c2sc(C(C)=O)c(N)c2S(C)(=O)=O)CCO1. The maximum atomic E-state index is 12.1. The zero-order chi connectivity index (χ0) is 15.8. The van der Waals surface area contributed by atoms with Gasteiger partial charge in [-0.3, -0.25) is 4.79 Å². The number of ether oxygens (including phenoxy) is 1. The number of ketones is 1. The molecule has 0 bridgehead atoms. The lowest BCUT2D eigenvalue weighted by Crippen LogP contribution is -2.42. The summed E-state index contributed by atoms with van der Waals surface area (Å²) in [6, 6.07) is 0. The molecule has 1 aromatic rings. The summed E-state index contributed by atoms with van der Waals surface area (Å²) in [7, 11) is -3.50. The lowest BCUT2D eigenvalue weighted by molar-refractivity contribution is 0.0385. The number of carbonyl (C=O) groups is 1. The van der Waals surface area contributed by atoms with Gasteiger partial charge in [-0.25, -0.2) is 8.42 Å². The highest BCUT2D eigenvalue weighted by molar-refractivity contribution is 7.91. The lowest BCUT2D eigenvalue weighted by Gasteiger charge is -2.33. The van der Waals surface area contributed by atoms with Crippen molar-refractivity contribution in [1.29, 1.82) is 0 Å². The number of morpholine rings is 1. The van der Waals surface area contributed by atoms with E-state index >= 15 is 0 Å².